The number of nitrogens with zero attached hydrogens (tertiary/aromatic N) is 3. The number of aliphatic hydroxyl groups is 1. The van der Waals surface area contributed by atoms with Crippen molar-refractivity contribution in [3.05, 3.63) is 23.0 Å². The average Bonchev–Trinajstić information content (AvgIpc) is 2.78. The Kier molecular flexibility index (Phi) is 6.17. The van der Waals surface area contributed by atoms with Crippen molar-refractivity contribution in [1.29, 1.82) is 0 Å². The maximum Gasteiger partial charge on any atom is 0.178 e. The van der Waals surface area contributed by atoms with Crippen LogP contribution in [-0.4, -0.2) is 71.1 Å². The molecule has 0 atom stereocenters. The molecular formula is C17H29N3O2. The van der Waals surface area contributed by atoms with Gasteiger partial charge in [0, 0.05) is 56.2 Å². The molecular weight excluding hydrogens is 278 g/mol. The molecule has 0 aromatic carbocycles. The molecule has 22 heavy (non-hydrogen) atoms. The highest BCUT2D eigenvalue weighted by atomic mass is 16.3. The van der Waals surface area contributed by atoms with Crippen molar-refractivity contribution in [1.82, 2.24) is 14.4 Å². The zero-order chi connectivity index (χ0) is 16.1. The molecule has 2 heterocycles. The Hall–Kier alpha value is -1.17. The molecule has 0 amide bonds. The lowest BCUT2D eigenvalue weighted by Gasteiger charge is -2.33. The summed E-state index contributed by atoms with van der Waals surface area (Å²) in [4.78, 5) is 17.1. The van der Waals surface area contributed by atoms with Gasteiger partial charge in [-0.1, -0.05) is 6.92 Å². The van der Waals surface area contributed by atoms with Gasteiger partial charge in [0.25, 0.3) is 0 Å². The number of aromatic nitrogens is 1. The molecule has 0 aliphatic carbocycles. The topological polar surface area (TPSA) is 48.7 Å². The molecule has 1 aliphatic heterocycles. The maximum absolute atomic E-state index is 12.6. The fraction of sp³-hybridized carbons (Fsp3) is 0.706. The third-order valence-electron chi connectivity index (χ3n) is 4.57. The van der Waals surface area contributed by atoms with Gasteiger partial charge in [0.2, 0.25) is 0 Å². The minimum absolute atomic E-state index is 0.211. The van der Waals surface area contributed by atoms with E-state index in [2.05, 4.69) is 35.1 Å². The molecule has 0 spiro atoms. The first-order valence-electron chi connectivity index (χ1n) is 8.32. The maximum atomic E-state index is 12.6. The Morgan fingerprint density at radius 3 is 2.36 bits per heavy atom. The molecule has 124 valence electrons. The Balaban J connectivity index is 1.94. The summed E-state index contributed by atoms with van der Waals surface area (Å²) >= 11 is 0. The summed E-state index contributed by atoms with van der Waals surface area (Å²) in [5.74, 6) is 0.228. The first-order valence-corrected chi connectivity index (χ1v) is 8.32. The molecule has 0 saturated carbocycles. The number of carbonyl (C=O) groups is 1. The highest BCUT2D eigenvalue weighted by Gasteiger charge is 2.21. The quantitative estimate of drug-likeness (QED) is 0.772. The smallest absolute Gasteiger partial charge is 0.178 e. The van der Waals surface area contributed by atoms with Crippen LogP contribution in [-0.2, 0) is 6.54 Å². The van der Waals surface area contributed by atoms with E-state index in [1.807, 2.05) is 6.07 Å². The zero-order valence-electron chi connectivity index (χ0n) is 14.1. The fourth-order valence-corrected chi connectivity index (χ4v) is 3.25. The van der Waals surface area contributed by atoms with Gasteiger partial charge in [-0.2, -0.15) is 0 Å². The minimum Gasteiger partial charge on any atom is -0.395 e. The lowest BCUT2D eigenvalue weighted by atomic mass is 10.1. The number of aliphatic hydroxyl groups excluding tert-OH is 1. The van der Waals surface area contributed by atoms with E-state index in [4.69, 9.17) is 5.11 Å². The molecule has 1 fully saturated rings. The summed E-state index contributed by atoms with van der Waals surface area (Å²) < 4.78 is 2.24. The number of hydrogen-bond donors (Lipinski definition) is 1. The van der Waals surface area contributed by atoms with Crippen LogP contribution >= 0.6 is 0 Å². The van der Waals surface area contributed by atoms with Crippen LogP contribution < -0.4 is 0 Å². The van der Waals surface area contributed by atoms with E-state index in [-0.39, 0.29) is 12.4 Å². The van der Waals surface area contributed by atoms with E-state index in [1.54, 1.807) is 0 Å². The summed E-state index contributed by atoms with van der Waals surface area (Å²) in [5, 5.41) is 8.97. The Morgan fingerprint density at radius 2 is 1.77 bits per heavy atom. The van der Waals surface area contributed by atoms with Crippen LogP contribution in [0.3, 0.4) is 0 Å². The van der Waals surface area contributed by atoms with Crippen molar-refractivity contribution < 1.29 is 9.90 Å². The van der Waals surface area contributed by atoms with Crippen LogP contribution in [0.15, 0.2) is 6.07 Å². The number of β-amino-alcohol motifs (C(OH)–C–C–N with tert-alkyl or cyclic N) is 1. The van der Waals surface area contributed by atoms with Crippen molar-refractivity contribution in [2.24, 2.45) is 0 Å². The number of hydrogen-bond acceptors (Lipinski definition) is 4. The van der Waals surface area contributed by atoms with Crippen LogP contribution in [0.25, 0.3) is 0 Å². The zero-order valence-corrected chi connectivity index (χ0v) is 14.1. The van der Waals surface area contributed by atoms with Crippen LogP contribution in [0.1, 0.15) is 35.1 Å². The number of rotatable bonds is 7. The third-order valence-corrected chi connectivity index (χ3v) is 4.57. The average molecular weight is 307 g/mol. The van der Waals surface area contributed by atoms with Crippen molar-refractivity contribution in [2.45, 2.75) is 33.7 Å². The van der Waals surface area contributed by atoms with E-state index in [1.165, 1.54) is 5.69 Å². The summed E-state index contributed by atoms with van der Waals surface area (Å²) in [6.07, 6.45) is 1.08. The molecule has 0 unspecified atom stereocenters. The van der Waals surface area contributed by atoms with Crippen LogP contribution in [0, 0.1) is 13.8 Å². The SMILES string of the molecule is CCCn1c(C)cc(C(=O)CN2CCN(CCO)CC2)c1C. The van der Waals surface area contributed by atoms with E-state index in [0.717, 1.165) is 56.9 Å². The fourth-order valence-electron chi connectivity index (χ4n) is 3.25. The molecule has 0 bridgehead atoms. The van der Waals surface area contributed by atoms with Gasteiger partial charge in [-0.05, 0) is 26.3 Å². The summed E-state index contributed by atoms with van der Waals surface area (Å²) in [6, 6.07) is 2.04. The normalized spacial score (nSPS) is 17.1. The lowest BCUT2D eigenvalue weighted by molar-refractivity contribution is 0.0822. The molecule has 0 radical (unpaired) electrons. The second kappa shape index (κ2) is 7.90. The van der Waals surface area contributed by atoms with Gasteiger partial charge in [0.15, 0.2) is 5.78 Å². The first-order chi connectivity index (χ1) is 10.6. The second-order valence-corrected chi connectivity index (χ2v) is 6.20. The van der Waals surface area contributed by atoms with Gasteiger partial charge in [0.05, 0.1) is 13.2 Å². The van der Waals surface area contributed by atoms with E-state index >= 15 is 0 Å². The highest BCUT2D eigenvalue weighted by Crippen LogP contribution is 2.17. The van der Waals surface area contributed by atoms with E-state index in [0.29, 0.717) is 6.54 Å². The summed E-state index contributed by atoms with van der Waals surface area (Å²) in [7, 11) is 0. The Morgan fingerprint density at radius 1 is 1.14 bits per heavy atom. The second-order valence-electron chi connectivity index (χ2n) is 6.20. The third kappa shape index (κ3) is 3.97. The molecule has 5 heteroatoms. The molecule has 2 rings (SSSR count). The molecule has 1 aliphatic rings. The molecule has 1 N–H and O–H groups in total. The number of aryl methyl sites for hydroxylation is 1. The Labute approximate surface area is 133 Å². The Bertz CT molecular complexity index is 502. The van der Waals surface area contributed by atoms with Gasteiger partial charge in [0.1, 0.15) is 0 Å². The molecule has 5 nitrogen and oxygen atoms in total. The monoisotopic (exact) mass is 307 g/mol. The van der Waals surface area contributed by atoms with E-state index < -0.39 is 0 Å². The van der Waals surface area contributed by atoms with Gasteiger partial charge in [-0.15, -0.1) is 0 Å². The largest absolute Gasteiger partial charge is 0.395 e. The van der Waals surface area contributed by atoms with Crippen molar-refractivity contribution in [3.8, 4) is 0 Å². The summed E-state index contributed by atoms with van der Waals surface area (Å²) in [6.45, 7) is 12.4. The predicted octanol–water partition coefficient (Wildman–Crippen LogP) is 1.31. The number of ketones is 1. The highest BCUT2D eigenvalue weighted by molar-refractivity contribution is 5.99. The van der Waals surface area contributed by atoms with Crippen LogP contribution in [0.5, 0.6) is 0 Å². The first kappa shape index (κ1) is 17.2. The van der Waals surface area contributed by atoms with Gasteiger partial charge in [-0.3, -0.25) is 14.6 Å². The standard InChI is InChI=1S/C17H29N3O2/c1-4-5-20-14(2)12-16(15(20)3)17(22)13-19-8-6-18(7-9-19)10-11-21/h12,21H,4-11,13H2,1-3H3. The van der Waals surface area contributed by atoms with Crippen molar-refractivity contribution >= 4 is 5.78 Å². The van der Waals surface area contributed by atoms with Crippen molar-refractivity contribution in [3.63, 3.8) is 0 Å². The number of Topliss-reactive ketones (excluding diaryl/α,β-unsaturated/α-hetero) is 1. The van der Waals surface area contributed by atoms with Crippen molar-refractivity contribution in [2.75, 3.05) is 45.9 Å². The van der Waals surface area contributed by atoms with E-state index in [9.17, 15) is 4.79 Å². The van der Waals surface area contributed by atoms with Gasteiger partial charge in [-0.25, -0.2) is 0 Å². The summed E-state index contributed by atoms with van der Waals surface area (Å²) in [5.41, 5.74) is 3.16. The van der Waals surface area contributed by atoms with Crippen LogP contribution in [0.2, 0.25) is 0 Å². The predicted molar refractivity (Wildman–Crippen MR) is 88.5 cm³/mol. The minimum atomic E-state index is 0.211. The van der Waals surface area contributed by atoms with Crippen LogP contribution in [0.4, 0.5) is 0 Å². The molecule has 1 saturated heterocycles. The molecule has 1 aromatic rings. The number of piperazine rings is 1. The van der Waals surface area contributed by atoms with Gasteiger partial charge >= 0.3 is 0 Å². The van der Waals surface area contributed by atoms with Gasteiger partial charge < -0.3 is 9.67 Å². The number of carbonyl (C=O) groups excluding carboxylic acids is 1. The molecule has 1 aromatic heterocycles. The lowest BCUT2D eigenvalue weighted by Crippen LogP contribution is -2.48.